The maximum atomic E-state index is 12.4. The van der Waals surface area contributed by atoms with Gasteiger partial charge in [-0.2, -0.15) is 0 Å². The number of piperidine rings is 2. The molecule has 7 heteroatoms. The highest BCUT2D eigenvalue weighted by Gasteiger charge is 2.31. The molecule has 1 N–H and O–H groups in total. The number of sulfonamides is 1. The van der Waals surface area contributed by atoms with E-state index >= 15 is 0 Å². The van der Waals surface area contributed by atoms with E-state index in [4.69, 9.17) is 0 Å². The van der Waals surface area contributed by atoms with E-state index in [-0.39, 0.29) is 17.6 Å². The van der Waals surface area contributed by atoms with Crippen LogP contribution in [0.2, 0.25) is 0 Å². The van der Waals surface area contributed by atoms with Gasteiger partial charge < -0.3 is 10.2 Å². The molecule has 2 fully saturated rings. The van der Waals surface area contributed by atoms with Crippen LogP contribution in [0.3, 0.4) is 0 Å². The van der Waals surface area contributed by atoms with Crippen LogP contribution < -0.4 is 5.32 Å². The maximum Gasteiger partial charge on any atom is 0.224 e. The van der Waals surface area contributed by atoms with Crippen molar-refractivity contribution in [3.05, 3.63) is 0 Å². The molecule has 25 heavy (non-hydrogen) atoms. The number of nitrogens with one attached hydrogen (secondary N) is 1. The summed E-state index contributed by atoms with van der Waals surface area (Å²) >= 11 is 0. The molecule has 146 valence electrons. The van der Waals surface area contributed by atoms with Crippen LogP contribution >= 0.6 is 0 Å². The largest absolute Gasteiger partial charge is 0.356 e. The fraction of sp³-hybridized carbons (Fsp3) is 0.944. The molecule has 2 heterocycles. The van der Waals surface area contributed by atoms with Gasteiger partial charge in [0.2, 0.25) is 15.9 Å². The molecule has 2 aliphatic heterocycles. The lowest BCUT2D eigenvalue weighted by Gasteiger charge is -2.35. The second kappa shape index (κ2) is 9.33. The molecule has 0 aliphatic carbocycles. The number of carbonyl (C=O) groups excluding carboxylic acids is 1. The number of rotatable bonds is 7. The summed E-state index contributed by atoms with van der Waals surface area (Å²) in [6.07, 6.45) is 3.81. The lowest BCUT2D eigenvalue weighted by Crippen LogP contribution is -2.46. The monoisotopic (exact) mass is 373 g/mol. The van der Waals surface area contributed by atoms with Gasteiger partial charge in [-0.25, -0.2) is 12.7 Å². The van der Waals surface area contributed by atoms with Gasteiger partial charge in [-0.05, 0) is 51.0 Å². The van der Waals surface area contributed by atoms with E-state index in [1.54, 1.807) is 6.92 Å². The second-order valence-electron chi connectivity index (χ2n) is 7.95. The summed E-state index contributed by atoms with van der Waals surface area (Å²) in [7, 11) is -3.19. The fourth-order valence-electron chi connectivity index (χ4n) is 4.22. The zero-order valence-electron chi connectivity index (χ0n) is 16.0. The molecule has 2 aliphatic rings. The van der Waals surface area contributed by atoms with Gasteiger partial charge >= 0.3 is 0 Å². The van der Waals surface area contributed by atoms with Crippen molar-refractivity contribution in [3.63, 3.8) is 0 Å². The molecule has 1 amide bonds. The summed E-state index contributed by atoms with van der Waals surface area (Å²) in [5.74, 6) is 1.43. The smallest absolute Gasteiger partial charge is 0.224 e. The van der Waals surface area contributed by atoms with Gasteiger partial charge in [0, 0.05) is 32.7 Å². The van der Waals surface area contributed by atoms with Gasteiger partial charge in [0.15, 0.2) is 0 Å². The van der Waals surface area contributed by atoms with Crippen LogP contribution in [-0.2, 0) is 14.8 Å². The third-order valence-electron chi connectivity index (χ3n) is 5.41. The first-order valence-corrected chi connectivity index (χ1v) is 11.4. The molecule has 0 aromatic carbocycles. The number of hydrogen-bond donors (Lipinski definition) is 1. The van der Waals surface area contributed by atoms with Crippen molar-refractivity contribution in [3.8, 4) is 0 Å². The summed E-state index contributed by atoms with van der Waals surface area (Å²) in [6, 6.07) is 0. The molecule has 0 bridgehead atoms. The quantitative estimate of drug-likeness (QED) is 0.687. The van der Waals surface area contributed by atoms with Crippen molar-refractivity contribution in [1.29, 1.82) is 0 Å². The van der Waals surface area contributed by atoms with Crippen molar-refractivity contribution >= 4 is 15.9 Å². The van der Waals surface area contributed by atoms with Gasteiger partial charge in [-0.15, -0.1) is 0 Å². The zero-order valence-corrected chi connectivity index (χ0v) is 16.9. The number of nitrogens with zero attached hydrogens (tertiary/aromatic N) is 2. The van der Waals surface area contributed by atoms with Crippen LogP contribution in [0.1, 0.15) is 46.5 Å². The molecule has 0 saturated carbocycles. The highest BCUT2D eigenvalue weighted by molar-refractivity contribution is 7.89. The van der Waals surface area contributed by atoms with Gasteiger partial charge in [0.05, 0.1) is 11.7 Å². The van der Waals surface area contributed by atoms with Crippen molar-refractivity contribution in [2.75, 3.05) is 45.0 Å². The molecule has 0 aromatic heterocycles. The fourth-order valence-corrected chi connectivity index (χ4v) is 5.40. The summed E-state index contributed by atoms with van der Waals surface area (Å²) in [6.45, 7) is 11.2. The maximum absolute atomic E-state index is 12.4. The van der Waals surface area contributed by atoms with E-state index < -0.39 is 10.0 Å². The average Bonchev–Trinajstić information content (AvgIpc) is 2.58. The Morgan fingerprint density at radius 2 is 1.84 bits per heavy atom. The molecular weight excluding hydrogens is 338 g/mol. The van der Waals surface area contributed by atoms with Crippen molar-refractivity contribution < 1.29 is 13.2 Å². The number of amides is 1. The highest BCUT2D eigenvalue weighted by Crippen LogP contribution is 2.21. The van der Waals surface area contributed by atoms with Crippen molar-refractivity contribution in [2.24, 2.45) is 17.8 Å². The summed E-state index contributed by atoms with van der Waals surface area (Å²) < 4.78 is 25.5. The van der Waals surface area contributed by atoms with Crippen molar-refractivity contribution in [2.45, 2.75) is 46.5 Å². The lowest BCUT2D eigenvalue weighted by molar-refractivity contribution is -0.126. The Labute approximate surface area is 153 Å². The van der Waals surface area contributed by atoms with Crippen LogP contribution in [0.4, 0.5) is 0 Å². The molecule has 0 radical (unpaired) electrons. The SMILES string of the molecule is CCS(=O)(=O)N1CCC[C@H](C(=O)NCCCN2C[C@@H](C)C[C@H](C)C2)C1. The Kier molecular flexibility index (Phi) is 7.70. The van der Waals surface area contributed by atoms with Crippen molar-refractivity contribution in [1.82, 2.24) is 14.5 Å². The zero-order chi connectivity index (χ0) is 18.4. The third kappa shape index (κ3) is 6.22. The van der Waals surface area contributed by atoms with Crippen LogP contribution in [0.5, 0.6) is 0 Å². The van der Waals surface area contributed by atoms with E-state index in [1.807, 2.05) is 0 Å². The van der Waals surface area contributed by atoms with Crippen LogP contribution in [0.15, 0.2) is 0 Å². The van der Waals surface area contributed by atoms with E-state index in [2.05, 4.69) is 24.1 Å². The molecule has 6 nitrogen and oxygen atoms in total. The minimum Gasteiger partial charge on any atom is -0.356 e. The van der Waals surface area contributed by atoms with E-state index in [1.165, 1.54) is 10.7 Å². The Morgan fingerprint density at radius 3 is 2.48 bits per heavy atom. The Morgan fingerprint density at radius 1 is 1.16 bits per heavy atom. The molecule has 0 spiro atoms. The average molecular weight is 374 g/mol. The first kappa shape index (κ1) is 20.6. The molecule has 0 unspecified atom stereocenters. The van der Waals surface area contributed by atoms with E-state index in [0.29, 0.717) is 19.6 Å². The summed E-state index contributed by atoms with van der Waals surface area (Å²) in [5.41, 5.74) is 0. The summed E-state index contributed by atoms with van der Waals surface area (Å²) in [4.78, 5) is 14.9. The molecule has 0 aromatic rings. The van der Waals surface area contributed by atoms with Gasteiger partial charge in [0.25, 0.3) is 0 Å². The lowest BCUT2D eigenvalue weighted by atomic mass is 9.92. The Hall–Kier alpha value is -0.660. The highest BCUT2D eigenvalue weighted by atomic mass is 32.2. The van der Waals surface area contributed by atoms with E-state index in [0.717, 1.165) is 50.7 Å². The minimum absolute atomic E-state index is 0.0105. The van der Waals surface area contributed by atoms with Crippen LogP contribution in [-0.4, -0.2) is 68.6 Å². The molecule has 2 rings (SSSR count). The number of carbonyl (C=O) groups is 1. The van der Waals surface area contributed by atoms with Gasteiger partial charge in [-0.3, -0.25) is 4.79 Å². The topological polar surface area (TPSA) is 69.7 Å². The van der Waals surface area contributed by atoms with E-state index in [9.17, 15) is 13.2 Å². The van der Waals surface area contributed by atoms with Gasteiger partial charge in [-0.1, -0.05) is 13.8 Å². The Balaban J connectivity index is 1.69. The first-order valence-electron chi connectivity index (χ1n) is 9.79. The normalized spacial score (nSPS) is 29.5. The first-order chi connectivity index (χ1) is 11.8. The predicted octanol–water partition coefficient (Wildman–Crippen LogP) is 1.53. The molecular formula is C18H35N3O3S. The van der Waals surface area contributed by atoms with Crippen LogP contribution in [0, 0.1) is 17.8 Å². The summed E-state index contributed by atoms with van der Waals surface area (Å²) in [5, 5.41) is 3.02. The molecule has 3 atom stereocenters. The molecule has 2 saturated heterocycles. The van der Waals surface area contributed by atoms with Gasteiger partial charge in [0.1, 0.15) is 0 Å². The number of likely N-dealkylation sites (tertiary alicyclic amines) is 1. The predicted molar refractivity (Wildman–Crippen MR) is 101 cm³/mol. The third-order valence-corrected chi connectivity index (χ3v) is 7.26. The Bertz CT molecular complexity index is 528. The van der Waals surface area contributed by atoms with Crippen LogP contribution in [0.25, 0.3) is 0 Å². The minimum atomic E-state index is -3.19. The number of hydrogen-bond acceptors (Lipinski definition) is 4. The standard InChI is InChI=1S/C18H35N3O3S/c1-4-25(23,24)21-10-5-7-17(14-21)18(22)19-8-6-9-20-12-15(2)11-16(3)13-20/h15-17H,4-14H2,1-3H3,(H,19,22)/t15-,16-,17-/m0/s1. The second-order valence-corrected chi connectivity index (χ2v) is 10.2.